The number of nitrogens with two attached hydrogens (primary N) is 1. The maximum absolute atomic E-state index is 11.3. The van der Waals surface area contributed by atoms with Crippen molar-refractivity contribution in [3.8, 4) is 0 Å². The Morgan fingerprint density at radius 3 is 2.52 bits per heavy atom. The quantitative estimate of drug-likeness (QED) is 0.704. The summed E-state index contributed by atoms with van der Waals surface area (Å²) in [5, 5.41) is 5.57. The van der Waals surface area contributed by atoms with Gasteiger partial charge in [0.05, 0.1) is 13.2 Å². The van der Waals surface area contributed by atoms with Crippen molar-refractivity contribution in [1.29, 1.82) is 0 Å². The lowest BCUT2D eigenvalue weighted by atomic mass is 10.1. The summed E-state index contributed by atoms with van der Waals surface area (Å²) in [5.41, 5.74) is 2.69. The van der Waals surface area contributed by atoms with Crippen molar-refractivity contribution >= 4 is 21.0 Å². The predicted octanol–water partition coefficient (Wildman–Crippen LogP) is 2.84. The van der Waals surface area contributed by atoms with Crippen molar-refractivity contribution in [1.82, 2.24) is 0 Å². The molecule has 1 heterocycles. The molecule has 0 aliphatic heterocycles. The lowest BCUT2D eigenvalue weighted by molar-refractivity contribution is 0.124. The number of primary sulfonamides is 1. The number of hydrogen-bond acceptors (Lipinski definition) is 4. The standard InChI is InChI=1S/C17H17NO4S/c18-23(19,20)17-11-15-10-13(6-7-16(15)22-17)8-9-21-12-14-4-2-1-3-5-14/h1-7,10-11H,8-9,12H2,(H2,18,19,20). The second-order valence-corrected chi connectivity index (χ2v) is 6.76. The molecule has 0 saturated carbocycles. The van der Waals surface area contributed by atoms with Crippen LogP contribution in [0.5, 0.6) is 0 Å². The predicted molar refractivity (Wildman–Crippen MR) is 87.4 cm³/mol. The topological polar surface area (TPSA) is 82.5 Å². The second kappa shape index (κ2) is 6.54. The van der Waals surface area contributed by atoms with E-state index in [-0.39, 0.29) is 5.09 Å². The van der Waals surface area contributed by atoms with Crippen molar-refractivity contribution in [2.24, 2.45) is 5.14 Å². The van der Waals surface area contributed by atoms with Crippen LogP contribution in [0.15, 0.2) is 64.1 Å². The van der Waals surface area contributed by atoms with Gasteiger partial charge in [0.2, 0.25) is 5.09 Å². The van der Waals surface area contributed by atoms with Gasteiger partial charge in [0.1, 0.15) is 5.58 Å². The first-order chi connectivity index (χ1) is 11.0. The molecular weight excluding hydrogens is 314 g/mol. The van der Waals surface area contributed by atoms with E-state index in [1.54, 1.807) is 6.07 Å². The SMILES string of the molecule is NS(=O)(=O)c1cc2cc(CCOCc3ccccc3)ccc2o1. The lowest BCUT2D eigenvalue weighted by Crippen LogP contribution is -2.10. The van der Waals surface area contributed by atoms with Gasteiger partial charge in [-0.2, -0.15) is 0 Å². The largest absolute Gasteiger partial charge is 0.443 e. The van der Waals surface area contributed by atoms with Crippen molar-refractivity contribution in [2.75, 3.05) is 6.61 Å². The first-order valence-electron chi connectivity index (χ1n) is 7.19. The third kappa shape index (κ3) is 3.98. The van der Waals surface area contributed by atoms with Crippen LogP contribution in [0.3, 0.4) is 0 Å². The normalized spacial score (nSPS) is 11.9. The van der Waals surface area contributed by atoms with Gasteiger partial charge in [-0.3, -0.25) is 0 Å². The van der Waals surface area contributed by atoms with Crippen molar-refractivity contribution in [2.45, 2.75) is 18.1 Å². The summed E-state index contributed by atoms with van der Waals surface area (Å²) < 4.78 is 33.5. The van der Waals surface area contributed by atoms with Crippen LogP contribution in [0.4, 0.5) is 0 Å². The molecular formula is C17H17NO4S. The summed E-state index contributed by atoms with van der Waals surface area (Å²) in [5.74, 6) is 0. The Balaban J connectivity index is 1.62. The van der Waals surface area contributed by atoms with Crippen LogP contribution in [0.2, 0.25) is 0 Å². The van der Waals surface area contributed by atoms with Gasteiger partial charge < -0.3 is 9.15 Å². The molecule has 0 saturated heterocycles. The van der Waals surface area contributed by atoms with Gasteiger partial charge >= 0.3 is 0 Å². The zero-order valence-electron chi connectivity index (χ0n) is 12.4. The molecule has 0 spiro atoms. The summed E-state index contributed by atoms with van der Waals surface area (Å²) in [7, 11) is -3.82. The van der Waals surface area contributed by atoms with Gasteiger partial charge in [-0.25, -0.2) is 13.6 Å². The van der Waals surface area contributed by atoms with E-state index in [0.29, 0.717) is 18.8 Å². The summed E-state index contributed by atoms with van der Waals surface area (Å²) in [6.45, 7) is 1.16. The van der Waals surface area contributed by atoms with Gasteiger partial charge in [0.25, 0.3) is 10.0 Å². The molecule has 2 aromatic carbocycles. The summed E-state index contributed by atoms with van der Waals surface area (Å²) in [6.07, 6.45) is 0.735. The molecule has 0 aliphatic carbocycles. The Bertz CT molecular complexity index is 901. The summed E-state index contributed by atoms with van der Waals surface area (Å²) in [4.78, 5) is 0. The maximum atomic E-state index is 11.3. The average molecular weight is 331 g/mol. The summed E-state index contributed by atoms with van der Waals surface area (Å²) in [6, 6.07) is 16.9. The number of ether oxygens (including phenoxy) is 1. The molecule has 23 heavy (non-hydrogen) atoms. The molecule has 2 N–H and O–H groups in total. The van der Waals surface area contributed by atoms with Gasteiger partial charge in [-0.05, 0) is 29.7 Å². The van der Waals surface area contributed by atoms with Gasteiger partial charge in [0, 0.05) is 11.5 Å². The number of hydrogen-bond donors (Lipinski definition) is 1. The highest BCUT2D eigenvalue weighted by Crippen LogP contribution is 2.23. The smallest absolute Gasteiger partial charge is 0.271 e. The zero-order valence-corrected chi connectivity index (χ0v) is 13.3. The number of fused-ring (bicyclic) bond motifs is 1. The molecule has 6 heteroatoms. The van der Waals surface area contributed by atoms with Crippen LogP contribution < -0.4 is 5.14 Å². The molecule has 5 nitrogen and oxygen atoms in total. The van der Waals surface area contributed by atoms with Crippen LogP contribution >= 0.6 is 0 Å². The number of sulfonamides is 1. The fraction of sp³-hybridized carbons (Fsp3) is 0.176. The molecule has 0 radical (unpaired) electrons. The van der Waals surface area contributed by atoms with Gasteiger partial charge in [0.15, 0.2) is 0 Å². The van der Waals surface area contributed by atoms with Crippen LogP contribution in [-0.4, -0.2) is 15.0 Å². The highest BCUT2D eigenvalue weighted by atomic mass is 32.2. The molecule has 0 atom stereocenters. The molecule has 120 valence electrons. The van der Waals surface area contributed by atoms with Crippen LogP contribution in [0, 0.1) is 0 Å². The molecule has 3 aromatic rings. The van der Waals surface area contributed by atoms with E-state index < -0.39 is 10.0 Å². The minimum absolute atomic E-state index is 0.218. The molecule has 3 rings (SSSR count). The first-order valence-corrected chi connectivity index (χ1v) is 8.74. The Hall–Kier alpha value is -2.15. The molecule has 0 aliphatic rings. The number of furan rings is 1. The molecule has 0 bridgehead atoms. The first kappa shape index (κ1) is 15.7. The van der Waals surface area contributed by atoms with E-state index in [1.165, 1.54) is 6.07 Å². The lowest BCUT2D eigenvalue weighted by Gasteiger charge is -2.04. The Morgan fingerprint density at radius 1 is 1.00 bits per heavy atom. The number of rotatable bonds is 6. The fourth-order valence-corrected chi connectivity index (χ4v) is 2.82. The Morgan fingerprint density at radius 2 is 1.78 bits per heavy atom. The monoisotopic (exact) mass is 331 g/mol. The zero-order chi connectivity index (χ0) is 16.3. The minimum atomic E-state index is -3.82. The fourth-order valence-electron chi connectivity index (χ4n) is 2.32. The van der Waals surface area contributed by atoms with E-state index >= 15 is 0 Å². The third-order valence-corrected chi connectivity index (χ3v) is 4.25. The molecule has 1 aromatic heterocycles. The van der Waals surface area contributed by atoms with Crippen molar-refractivity contribution < 1.29 is 17.6 Å². The molecule has 0 unspecified atom stereocenters. The highest BCUT2D eigenvalue weighted by molar-refractivity contribution is 7.89. The molecule has 0 fully saturated rings. The van der Waals surface area contributed by atoms with E-state index in [1.807, 2.05) is 42.5 Å². The van der Waals surface area contributed by atoms with Crippen LogP contribution in [-0.2, 0) is 27.8 Å². The van der Waals surface area contributed by atoms with E-state index in [0.717, 1.165) is 22.9 Å². The van der Waals surface area contributed by atoms with Gasteiger partial charge in [-0.15, -0.1) is 0 Å². The van der Waals surface area contributed by atoms with Crippen molar-refractivity contribution in [3.63, 3.8) is 0 Å². The molecule has 0 amide bonds. The van der Waals surface area contributed by atoms with Crippen LogP contribution in [0.25, 0.3) is 11.0 Å². The van der Waals surface area contributed by atoms with E-state index in [9.17, 15) is 8.42 Å². The Labute approximate surface area is 134 Å². The maximum Gasteiger partial charge on any atom is 0.271 e. The van der Waals surface area contributed by atoms with Gasteiger partial charge in [-0.1, -0.05) is 36.4 Å². The van der Waals surface area contributed by atoms with Crippen LogP contribution in [0.1, 0.15) is 11.1 Å². The minimum Gasteiger partial charge on any atom is -0.443 e. The Kier molecular flexibility index (Phi) is 4.47. The summed E-state index contributed by atoms with van der Waals surface area (Å²) >= 11 is 0. The van der Waals surface area contributed by atoms with Crippen molar-refractivity contribution in [3.05, 3.63) is 65.7 Å². The highest BCUT2D eigenvalue weighted by Gasteiger charge is 2.14. The third-order valence-electron chi connectivity index (χ3n) is 3.49. The second-order valence-electron chi connectivity index (χ2n) is 5.27. The van der Waals surface area contributed by atoms with E-state index in [4.69, 9.17) is 14.3 Å². The average Bonchev–Trinajstić information content (AvgIpc) is 2.96. The van der Waals surface area contributed by atoms with E-state index in [2.05, 4.69) is 0 Å². The number of benzene rings is 2.